The molecule has 1 aromatic heterocycles. The normalized spacial score (nSPS) is 10.3. The molecule has 0 spiro atoms. The quantitative estimate of drug-likeness (QED) is 0.763. The van der Waals surface area contributed by atoms with Gasteiger partial charge in [-0.1, -0.05) is 6.92 Å². The van der Waals surface area contributed by atoms with E-state index in [1.165, 1.54) is 12.4 Å². The van der Waals surface area contributed by atoms with Crippen LogP contribution in [-0.4, -0.2) is 36.4 Å². The van der Waals surface area contributed by atoms with Gasteiger partial charge in [-0.3, -0.25) is 14.6 Å². The standard InChI is InChI=1S/C20H26N4O2/c1-4-11-22-19(25)15-12-16(14-21-13-15)20(26)23-17-7-9-18(10-8-17)24(5-2)6-3/h7-10,12-14H,4-6,11H2,1-3H3,(H,22,25)(H,23,26). The number of nitrogens with zero attached hydrogens (tertiary/aromatic N) is 2. The highest BCUT2D eigenvalue weighted by Crippen LogP contribution is 2.18. The van der Waals surface area contributed by atoms with Crippen molar-refractivity contribution in [3.63, 3.8) is 0 Å². The Morgan fingerprint density at radius 2 is 1.58 bits per heavy atom. The number of hydrogen-bond acceptors (Lipinski definition) is 4. The largest absolute Gasteiger partial charge is 0.372 e. The van der Waals surface area contributed by atoms with E-state index in [2.05, 4.69) is 34.4 Å². The second-order valence-electron chi connectivity index (χ2n) is 5.89. The van der Waals surface area contributed by atoms with Crippen LogP contribution in [0.3, 0.4) is 0 Å². The fourth-order valence-corrected chi connectivity index (χ4v) is 2.58. The van der Waals surface area contributed by atoms with E-state index in [4.69, 9.17) is 0 Å². The highest BCUT2D eigenvalue weighted by Gasteiger charge is 2.11. The molecule has 0 unspecified atom stereocenters. The summed E-state index contributed by atoms with van der Waals surface area (Å²) in [5.41, 5.74) is 2.54. The van der Waals surface area contributed by atoms with E-state index in [0.29, 0.717) is 23.4 Å². The molecule has 0 atom stereocenters. The van der Waals surface area contributed by atoms with Crippen LogP contribution in [0.4, 0.5) is 11.4 Å². The van der Waals surface area contributed by atoms with Gasteiger partial charge in [0.1, 0.15) is 0 Å². The Balaban J connectivity index is 2.06. The zero-order valence-corrected chi connectivity index (χ0v) is 15.6. The summed E-state index contributed by atoms with van der Waals surface area (Å²) >= 11 is 0. The molecule has 0 saturated carbocycles. The molecule has 2 rings (SSSR count). The van der Waals surface area contributed by atoms with Crippen molar-refractivity contribution in [3.8, 4) is 0 Å². The van der Waals surface area contributed by atoms with Gasteiger partial charge in [-0.05, 0) is 50.6 Å². The van der Waals surface area contributed by atoms with Crippen LogP contribution < -0.4 is 15.5 Å². The van der Waals surface area contributed by atoms with Crippen LogP contribution in [-0.2, 0) is 0 Å². The number of aromatic nitrogens is 1. The molecule has 2 aromatic rings. The van der Waals surface area contributed by atoms with Gasteiger partial charge in [0.05, 0.1) is 11.1 Å². The summed E-state index contributed by atoms with van der Waals surface area (Å²) in [6, 6.07) is 9.26. The summed E-state index contributed by atoms with van der Waals surface area (Å²) in [6.45, 7) is 8.65. The first kappa shape index (κ1) is 19.4. The first-order valence-electron chi connectivity index (χ1n) is 8.98. The smallest absolute Gasteiger partial charge is 0.257 e. The molecule has 0 fully saturated rings. The minimum absolute atomic E-state index is 0.224. The van der Waals surface area contributed by atoms with E-state index in [1.54, 1.807) is 6.07 Å². The highest BCUT2D eigenvalue weighted by molar-refractivity contribution is 6.05. The molecule has 1 aromatic carbocycles. The van der Waals surface area contributed by atoms with Gasteiger partial charge in [0.2, 0.25) is 0 Å². The molecule has 0 aliphatic heterocycles. The number of hydrogen-bond donors (Lipinski definition) is 2. The number of benzene rings is 1. The number of anilines is 2. The number of carbonyl (C=O) groups excluding carboxylic acids is 2. The lowest BCUT2D eigenvalue weighted by atomic mass is 10.1. The summed E-state index contributed by atoms with van der Waals surface area (Å²) in [4.78, 5) is 30.7. The predicted molar refractivity (Wildman–Crippen MR) is 105 cm³/mol. The van der Waals surface area contributed by atoms with Gasteiger partial charge in [0.15, 0.2) is 0 Å². The van der Waals surface area contributed by atoms with Crippen molar-refractivity contribution < 1.29 is 9.59 Å². The van der Waals surface area contributed by atoms with E-state index >= 15 is 0 Å². The third-order valence-electron chi connectivity index (χ3n) is 4.05. The molecular weight excluding hydrogens is 328 g/mol. The van der Waals surface area contributed by atoms with E-state index in [1.807, 2.05) is 31.2 Å². The molecule has 2 amide bonds. The van der Waals surface area contributed by atoms with Crippen LogP contribution in [0.25, 0.3) is 0 Å². The molecule has 1 heterocycles. The monoisotopic (exact) mass is 354 g/mol. The molecule has 0 radical (unpaired) electrons. The van der Waals surface area contributed by atoms with Crippen LogP contribution in [0.15, 0.2) is 42.7 Å². The molecule has 0 bridgehead atoms. The van der Waals surface area contributed by atoms with E-state index in [9.17, 15) is 9.59 Å². The van der Waals surface area contributed by atoms with Crippen molar-refractivity contribution in [1.29, 1.82) is 0 Å². The van der Waals surface area contributed by atoms with Crippen LogP contribution in [0.1, 0.15) is 47.9 Å². The number of carbonyl (C=O) groups is 2. The molecule has 6 nitrogen and oxygen atoms in total. The van der Waals surface area contributed by atoms with Crippen molar-refractivity contribution in [2.24, 2.45) is 0 Å². The van der Waals surface area contributed by atoms with Crippen molar-refractivity contribution in [2.75, 3.05) is 29.9 Å². The predicted octanol–water partition coefficient (Wildman–Crippen LogP) is 3.32. The average Bonchev–Trinajstić information content (AvgIpc) is 2.68. The number of amides is 2. The maximum absolute atomic E-state index is 12.4. The van der Waals surface area contributed by atoms with Gasteiger partial charge in [-0.15, -0.1) is 0 Å². The van der Waals surface area contributed by atoms with E-state index in [0.717, 1.165) is 25.2 Å². The summed E-state index contributed by atoms with van der Waals surface area (Å²) < 4.78 is 0. The fourth-order valence-electron chi connectivity index (χ4n) is 2.58. The van der Waals surface area contributed by atoms with Gasteiger partial charge in [0.25, 0.3) is 11.8 Å². The summed E-state index contributed by atoms with van der Waals surface area (Å²) in [5.74, 6) is -0.518. The lowest BCUT2D eigenvalue weighted by molar-refractivity contribution is 0.0953. The Bertz CT molecular complexity index is 740. The van der Waals surface area contributed by atoms with Gasteiger partial charge >= 0.3 is 0 Å². The summed E-state index contributed by atoms with van der Waals surface area (Å²) in [7, 11) is 0. The van der Waals surface area contributed by atoms with E-state index < -0.39 is 0 Å². The van der Waals surface area contributed by atoms with Gasteiger partial charge in [0, 0.05) is 43.4 Å². The molecule has 2 N–H and O–H groups in total. The van der Waals surface area contributed by atoms with Crippen LogP contribution in [0, 0.1) is 0 Å². The maximum Gasteiger partial charge on any atom is 0.257 e. The Morgan fingerprint density at radius 1 is 0.962 bits per heavy atom. The summed E-state index contributed by atoms with van der Waals surface area (Å²) in [5, 5.41) is 5.62. The van der Waals surface area contributed by atoms with Crippen LogP contribution >= 0.6 is 0 Å². The third-order valence-corrected chi connectivity index (χ3v) is 4.05. The molecule has 0 aliphatic rings. The van der Waals surface area contributed by atoms with Crippen molar-refractivity contribution in [3.05, 3.63) is 53.9 Å². The average molecular weight is 354 g/mol. The Morgan fingerprint density at radius 3 is 2.15 bits per heavy atom. The molecule has 0 aliphatic carbocycles. The van der Waals surface area contributed by atoms with Crippen LogP contribution in [0.5, 0.6) is 0 Å². The van der Waals surface area contributed by atoms with Gasteiger partial charge < -0.3 is 15.5 Å². The molecule has 6 heteroatoms. The lowest BCUT2D eigenvalue weighted by Gasteiger charge is -2.21. The number of rotatable bonds is 8. The topological polar surface area (TPSA) is 74.3 Å². The second-order valence-corrected chi connectivity index (χ2v) is 5.89. The first-order valence-corrected chi connectivity index (χ1v) is 8.98. The van der Waals surface area contributed by atoms with E-state index in [-0.39, 0.29) is 11.8 Å². The summed E-state index contributed by atoms with van der Waals surface area (Å²) in [6.07, 6.45) is 3.76. The van der Waals surface area contributed by atoms with Gasteiger partial charge in [-0.2, -0.15) is 0 Å². The second kappa shape index (κ2) is 9.56. The maximum atomic E-state index is 12.4. The Labute approximate surface area is 154 Å². The van der Waals surface area contributed by atoms with Gasteiger partial charge in [-0.25, -0.2) is 0 Å². The molecular formula is C20H26N4O2. The SMILES string of the molecule is CCCNC(=O)c1cncc(C(=O)Nc2ccc(N(CC)CC)cc2)c1. The fraction of sp³-hybridized carbons (Fsp3) is 0.350. The highest BCUT2D eigenvalue weighted by atomic mass is 16.2. The lowest BCUT2D eigenvalue weighted by Crippen LogP contribution is -2.24. The molecule has 138 valence electrons. The zero-order chi connectivity index (χ0) is 18.9. The number of nitrogens with one attached hydrogen (secondary N) is 2. The molecule has 26 heavy (non-hydrogen) atoms. The van der Waals surface area contributed by atoms with Crippen molar-refractivity contribution in [2.45, 2.75) is 27.2 Å². The minimum Gasteiger partial charge on any atom is -0.372 e. The Hall–Kier alpha value is -2.89. The van der Waals surface area contributed by atoms with Crippen molar-refractivity contribution >= 4 is 23.2 Å². The zero-order valence-electron chi connectivity index (χ0n) is 15.6. The Kier molecular flexibility index (Phi) is 7.14. The number of pyridine rings is 1. The van der Waals surface area contributed by atoms with Crippen molar-refractivity contribution in [1.82, 2.24) is 10.3 Å². The minimum atomic E-state index is -0.293. The first-order chi connectivity index (χ1) is 12.6. The van der Waals surface area contributed by atoms with Crippen LogP contribution in [0.2, 0.25) is 0 Å². The molecule has 0 saturated heterocycles. The third kappa shape index (κ3) is 5.05.